The Hall–Kier alpha value is -3.49. The van der Waals surface area contributed by atoms with Crippen molar-refractivity contribution >= 4 is 11.9 Å². The third-order valence-electron chi connectivity index (χ3n) is 4.25. The quantitative estimate of drug-likeness (QED) is 0.700. The van der Waals surface area contributed by atoms with Gasteiger partial charge in [-0.3, -0.25) is 9.78 Å². The first-order valence-electron chi connectivity index (χ1n) is 7.93. The van der Waals surface area contributed by atoms with E-state index in [2.05, 4.69) is 15.0 Å². The Balaban J connectivity index is 1.70. The van der Waals surface area contributed by atoms with Gasteiger partial charge in [0.2, 0.25) is 5.95 Å². The molecular weight excluding hydrogens is 359 g/mol. The van der Waals surface area contributed by atoms with Crippen molar-refractivity contribution < 1.29 is 18.0 Å². The van der Waals surface area contributed by atoms with Crippen LogP contribution in [0.5, 0.6) is 0 Å². The summed E-state index contributed by atoms with van der Waals surface area (Å²) in [6, 6.07) is 4.88. The molecule has 1 aliphatic heterocycles. The van der Waals surface area contributed by atoms with Crippen molar-refractivity contribution in [2.24, 2.45) is 0 Å². The molecule has 1 amide bonds. The maximum absolute atomic E-state index is 13.5. The lowest BCUT2D eigenvalue weighted by Crippen LogP contribution is -2.25. The summed E-state index contributed by atoms with van der Waals surface area (Å²) in [4.78, 5) is 26.4. The van der Waals surface area contributed by atoms with Gasteiger partial charge < -0.3 is 10.6 Å². The normalized spacial score (nSPS) is 12.9. The molecule has 0 radical (unpaired) electrons. The SMILES string of the molecule is Nc1nc2c(c(-c3cccnc3)n1)CN(C(=O)c1cc(F)c(F)c(F)c1)C2. The van der Waals surface area contributed by atoms with Gasteiger partial charge in [0.05, 0.1) is 24.5 Å². The van der Waals surface area contributed by atoms with Gasteiger partial charge in [0.25, 0.3) is 5.91 Å². The largest absolute Gasteiger partial charge is 0.368 e. The van der Waals surface area contributed by atoms with Crippen molar-refractivity contribution in [3.8, 4) is 11.3 Å². The molecule has 0 saturated carbocycles. The number of carbonyl (C=O) groups is 1. The predicted molar refractivity (Wildman–Crippen MR) is 89.6 cm³/mol. The molecule has 136 valence electrons. The molecular formula is C18H12F3N5O. The fourth-order valence-corrected chi connectivity index (χ4v) is 3.02. The number of hydrogen-bond acceptors (Lipinski definition) is 5. The second-order valence-corrected chi connectivity index (χ2v) is 6.01. The van der Waals surface area contributed by atoms with E-state index in [0.717, 1.165) is 0 Å². The number of pyridine rings is 1. The molecule has 0 unspecified atom stereocenters. The zero-order chi connectivity index (χ0) is 19.1. The van der Waals surface area contributed by atoms with E-state index < -0.39 is 23.4 Å². The standard InChI is InChI=1S/C18H12F3N5O/c19-12-4-10(5-13(20)15(12)21)17(27)26-7-11-14(8-26)24-18(22)25-16(11)9-2-1-3-23-6-9/h1-6H,7-8H2,(H2,22,24,25). The maximum Gasteiger partial charge on any atom is 0.254 e. The van der Waals surface area contributed by atoms with Crippen LogP contribution in [-0.4, -0.2) is 25.8 Å². The third kappa shape index (κ3) is 2.97. The summed E-state index contributed by atoms with van der Waals surface area (Å²) in [5.41, 5.74) is 7.94. The van der Waals surface area contributed by atoms with Gasteiger partial charge in [-0.1, -0.05) is 0 Å². The van der Waals surface area contributed by atoms with Crippen molar-refractivity contribution in [2.75, 3.05) is 5.73 Å². The van der Waals surface area contributed by atoms with Gasteiger partial charge in [0, 0.05) is 29.1 Å². The number of carbonyl (C=O) groups excluding carboxylic acids is 1. The molecule has 0 atom stereocenters. The summed E-state index contributed by atoms with van der Waals surface area (Å²) in [6.07, 6.45) is 3.22. The Morgan fingerprint density at radius 2 is 1.85 bits per heavy atom. The van der Waals surface area contributed by atoms with Crippen molar-refractivity contribution in [1.29, 1.82) is 0 Å². The molecule has 0 bridgehead atoms. The molecule has 27 heavy (non-hydrogen) atoms. The first kappa shape index (κ1) is 17.0. The van der Waals surface area contributed by atoms with Gasteiger partial charge in [-0.15, -0.1) is 0 Å². The van der Waals surface area contributed by atoms with Gasteiger partial charge in [-0.25, -0.2) is 23.1 Å². The zero-order valence-corrected chi connectivity index (χ0v) is 13.8. The molecule has 6 nitrogen and oxygen atoms in total. The molecule has 2 N–H and O–H groups in total. The summed E-state index contributed by atoms with van der Waals surface area (Å²) >= 11 is 0. The Morgan fingerprint density at radius 3 is 2.52 bits per heavy atom. The molecule has 0 fully saturated rings. The lowest BCUT2D eigenvalue weighted by Gasteiger charge is -2.15. The number of halogens is 3. The number of hydrogen-bond donors (Lipinski definition) is 1. The van der Waals surface area contributed by atoms with Gasteiger partial charge >= 0.3 is 0 Å². The Bertz CT molecular complexity index is 1040. The number of nitrogens with two attached hydrogens (primary N) is 1. The lowest BCUT2D eigenvalue weighted by molar-refractivity contribution is 0.0749. The number of fused-ring (bicyclic) bond motifs is 1. The van der Waals surface area contributed by atoms with Crippen LogP contribution in [0.15, 0.2) is 36.7 Å². The average Bonchev–Trinajstić information content (AvgIpc) is 3.09. The van der Waals surface area contributed by atoms with Crippen molar-refractivity contribution in [2.45, 2.75) is 13.1 Å². The van der Waals surface area contributed by atoms with Crippen LogP contribution in [0.3, 0.4) is 0 Å². The van der Waals surface area contributed by atoms with Gasteiger partial charge in [-0.05, 0) is 24.3 Å². The maximum atomic E-state index is 13.5. The number of aromatic nitrogens is 3. The van der Waals surface area contributed by atoms with Gasteiger partial charge in [0.1, 0.15) is 0 Å². The minimum atomic E-state index is -1.62. The molecule has 3 aromatic rings. The third-order valence-corrected chi connectivity index (χ3v) is 4.25. The summed E-state index contributed by atoms with van der Waals surface area (Å²) < 4.78 is 40.1. The van der Waals surface area contributed by atoms with E-state index in [1.165, 1.54) is 4.90 Å². The fourth-order valence-electron chi connectivity index (χ4n) is 3.02. The lowest BCUT2D eigenvalue weighted by atomic mass is 10.1. The van der Waals surface area contributed by atoms with E-state index in [0.29, 0.717) is 34.6 Å². The highest BCUT2D eigenvalue weighted by Gasteiger charge is 2.30. The van der Waals surface area contributed by atoms with Crippen LogP contribution in [0, 0.1) is 17.5 Å². The number of rotatable bonds is 2. The highest BCUT2D eigenvalue weighted by molar-refractivity contribution is 5.94. The fraction of sp³-hybridized carbons (Fsp3) is 0.111. The molecule has 0 spiro atoms. The van der Waals surface area contributed by atoms with E-state index in [9.17, 15) is 18.0 Å². The number of anilines is 1. The van der Waals surface area contributed by atoms with Crippen LogP contribution in [0.25, 0.3) is 11.3 Å². The topological polar surface area (TPSA) is 85.0 Å². The molecule has 1 aromatic carbocycles. The Morgan fingerprint density at radius 1 is 1.11 bits per heavy atom. The van der Waals surface area contributed by atoms with Crippen LogP contribution >= 0.6 is 0 Å². The second-order valence-electron chi connectivity index (χ2n) is 6.01. The molecule has 3 heterocycles. The number of amides is 1. The minimum Gasteiger partial charge on any atom is -0.368 e. The smallest absolute Gasteiger partial charge is 0.254 e. The van der Waals surface area contributed by atoms with E-state index in [4.69, 9.17) is 5.73 Å². The van der Waals surface area contributed by atoms with Crippen LogP contribution in [-0.2, 0) is 13.1 Å². The van der Waals surface area contributed by atoms with Crippen LogP contribution < -0.4 is 5.73 Å². The second kappa shape index (κ2) is 6.35. The summed E-state index contributed by atoms with van der Waals surface area (Å²) in [5.74, 6) is -5.07. The molecule has 9 heteroatoms. The van der Waals surface area contributed by atoms with Crippen molar-refractivity contribution in [1.82, 2.24) is 19.9 Å². The first-order valence-corrected chi connectivity index (χ1v) is 7.93. The minimum absolute atomic E-state index is 0.0424. The van der Waals surface area contributed by atoms with Crippen LogP contribution in [0.1, 0.15) is 21.6 Å². The molecule has 4 rings (SSSR count). The molecule has 0 aliphatic carbocycles. The van der Waals surface area contributed by atoms with Crippen LogP contribution in [0.2, 0.25) is 0 Å². The van der Waals surface area contributed by atoms with E-state index in [1.54, 1.807) is 24.5 Å². The highest BCUT2D eigenvalue weighted by Crippen LogP contribution is 2.31. The zero-order valence-electron chi connectivity index (χ0n) is 13.8. The summed E-state index contributed by atoms with van der Waals surface area (Å²) in [5, 5.41) is 0. The summed E-state index contributed by atoms with van der Waals surface area (Å²) in [7, 11) is 0. The first-order chi connectivity index (χ1) is 12.9. The monoisotopic (exact) mass is 371 g/mol. The molecule has 1 aliphatic rings. The highest BCUT2D eigenvalue weighted by atomic mass is 19.2. The Kier molecular flexibility index (Phi) is 3.98. The Labute approximate surface area is 151 Å². The average molecular weight is 371 g/mol. The van der Waals surface area contributed by atoms with E-state index in [-0.39, 0.29) is 24.6 Å². The number of nitrogens with zero attached hydrogens (tertiary/aromatic N) is 4. The van der Waals surface area contributed by atoms with E-state index in [1.807, 2.05) is 0 Å². The number of nitrogen functional groups attached to an aromatic ring is 1. The van der Waals surface area contributed by atoms with Crippen molar-refractivity contribution in [3.05, 3.63) is 70.9 Å². The molecule has 0 saturated heterocycles. The van der Waals surface area contributed by atoms with Crippen LogP contribution in [0.4, 0.5) is 19.1 Å². The van der Waals surface area contributed by atoms with Gasteiger partial charge in [0.15, 0.2) is 17.5 Å². The predicted octanol–water partition coefficient (Wildman–Crippen LogP) is 2.69. The van der Waals surface area contributed by atoms with Crippen molar-refractivity contribution in [3.63, 3.8) is 0 Å². The van der Waals surface area contributed by atoms with E-state index >= 15 is 0 Å². The number of benzene rings is 1. The molecule has 2 aromatic heterocycles. The summed E-state index contributed by atoms with van der Waals surface area (Å²) in [6.45, 7) is 0.216. The van der Waals surface area contributed by atoms with Gasteiger partial charge in [-0.2, -0.15) is 0 Å².